The van der Waals surface area contributed by atoms with Gasteiger partial charge in [0.15, 0.2) is 0 Å². The van der Waals surface area contributed by atoms with Gasteiger partial charge < -0.3 is 15.3 Å². The Hall–Kier alpha value is -3.72. The van der Waals surface area contributed by atoms with Gasteiger partial charge in [-0.1, -0.05) is 80.5 Å². The van der Waals surface area contributed by atoms with E-state index in [-0.39, 0.29) is 16.2 Å². The molecule has 0 saturated heterocycles. The van der Waals surface area contributed by atoms with Gasteiger partial charge in [-0.2, -0.15) is 0 Å². The van der Waals surface area contributed by atoms with Gasteiger partial charge >= 0.3 is 0 Å². The van der Waals surface area contributed by atoms with Gasteiger partial charge in [-0.15, -0.1) is 0 Å². The highest BCUT2D eigenvalue weighted by Gasteiger charge is 2.25. The molecule has 4 rings (SSSR count). The fourth-order valence-corrected chi connectivity index (χ4v) is 7.34. The van der Waals surface area contributed by atoms with Crippen LogP contribution >= 0.6 is 0 Å². The van der Waals surface area contributed by atoms with Crippen molar-refractivity contribution in [3.8, 4) is 17.2 Å². The summed E-state index contributed by atoms with van der Waals surface area (Å²) in [4.78, 5) is 0. The lowest BCUT2D eigenvalue weighted by molar-refractivity contribution is 0.445. The van der Waals surface area contributed by atoms with Crippen molar-refractivity contribution in [1.29, 1.82) is 0 Å². The molecule has 48 heavy (non-hydrogen) atoms. The zero-order valence-corrected chi connectivity index (χ0v) is 32.4. The predicted octanol–water partition coefficient (Wildman–Crippen LogP) is 11.3. The number of hydrogen-bond donors (Lipinski definition) is 3. The third-order valence-electron chi connectivity index (χ3n) is 10.6. The van der Waals surface area contributed by atoms with Crippen molar-refractivity contribution in [2.45, 2.75) is 139 Å². The zero-order chi connectivity index (χ0) is 36.3. The van der Waals surface area contributed by atoms with Crippen LogP contribution in [0.3, 0.4) is 0 Å². The Bertz CT molecular complexity index is 1630. The van der Waals surface area contributed by atoms with E-state index in [2.05, 4.69) is 122 Å². The molecule has 4 aromatic carbocycles. The van der Waals surface area contributed by atoms with Crippen LogP contribution in [0.2, 0.25) is 0 Å². The molecule has 0 heterocycles. The van der Waals surface area contributed by atoms with Crippen molar-refractivity contribution in [1.82, 2.24) is 0 Å². The molecule has 0 aliphatic rings. The van der Waals surface area contributed by atoms with E-state index in [1.807, 2.05) is 18.2 Å². The van der Waals surface area contributed by atoms with Crippen molar-refractivity contribution in [3.05, 3.63) is 120 Å². The number of aromatic hydroxyl groups is 3. The normalized spacial score (nSPS) is 12.6. The van der Waals surface area contributed by atoms with Gasteiger partial charge in [-0.05, 0) is 179 Å². The van der Waals surface area contributed by atoms with E-state index >= 15 is 0 Å². The molecular weight excluding hydrogens is 588 g/mol. The lowest BCUT2D eigenvalue weighted by atomic mass is 9.78. The quantitative estimate of drug-likeness (QED) is 0.195. The number of rotatable bonds is 6. The maximum absolute atomic E-state index is 10.9. The molecule has 4 aromatic rings. The largest absolute Gasteiger partial charge is 0.508 e. The van der Waals surface area contributed by atoms with Crippen molar-refractivity contribution < 1.29 is 15.3 Å². The SMILES string of the molecule is Cc1cc(O)c(C(C)(C)C)cc1Cc1c(C)c(Cc2cc(C(C)(C)C)c(O)cc2C)c(C)c(Cc2cc(C(C)(C)C)c(O)cc2C)c1C. The van der Waals surface area contributed by atoms with Crippen LogP contribution in [0.4, 0.5) is 0 Å². The highest BCUT2D eigenvalue weighted by atomic mass is 16.3. The molecule has 0 amide bonds. The van der Waals surface area contributed by atoms with Crippen LogP contribution in [0.25, 0.3) is 0 Å². The Morgan fingerprint density at radius 1 is 0.375 bits per heavy atom. The summed E-state index contributed by atoms with van der Waals surface area (Å²) in [6.07, 6.45) is 2.32. The summed E-state index contributed by atoms with van der Waals surface area (Å²) in [6, 6.07) is 12.4. The molecule has 3 nitrogen and oxygen atoms in total. The van der Waals surface area contributed by atoms with E-state index in [9.17, 15) is 15.3 Å². The average molecular weight is 649 g/mol. The van der Waals surface area contributed by atoms with E-state index in [0.29, 0.717) is 17.2 Å². The molecule has 0 radical (unpaired) electrons. The fourth-order valence-electron chi connectivity index (χ4n) is 7.34. The minimum atomic E-state index is -0.178. The van der Waals surface area contributed by atoms with E-state index in [4.69, 9.17) is 0 Å². The van der Waals surface area contributed by atoms with Gasteiger partial charge in [0.2, 0.25) is 0 Å². The molecule has 0 atom stereocenters. The highest BCUT2D eigenvalue weighted by Crippen LogP contribution is 2.40. The summed E-state index contributed by atoms with van der Waals surface area (Å²) < 4.78 is 0. The Morgan fingerprint density at radius 3 is 0.771 bits per heavy atom. The van der Waals surface area contributed by atoms with Gasteiger partial charge in [0, 0.05) is 0 Å². The first-order valence-corrected chi connectivity index (χ1v) is 17.5. The molecule has 3 heteroatoms. The second kappa shape index (κ2) is 13.0. The smallest absolute Gasteiger partial charge is 0.119 e. The summed E-state index contributed by atoms with van der Waals surface area (Å²) >= 11 is 0. The summed E-state index contributed by atoms with van der Waals surface area (Å²) in [5, 5.41) is 32.7. The van der Waals surface area contributed by atoms with Gasteiger partial charge in [0.1, 0.15) is 17.2 Å². The predicted molar refractivity (Wildman–Crippen MR) is 204 cm³/mol. The summed E-state index contributed by atoms with van der Waals surface area (Å²) in [7, 11) is 0. The van der Waals surface area contributed by atoms with E-state index in [0.717, 1.165) is 52.6 Å². The van der Waals surface area contributed by atoms with Crippen LogP contribution in [0.15, 0.2) is 36.4 Å². The van der Waals surface area contributed by atoms with Gasteiger partial charge in [-0.3, -0.25) is 0 Å². The second-order valence-electron chi connectivity index (χ2n) is 17.5. The third-order valence-corrected chi connectivity index (χ3v) is 10.6. The van der Waals surface area contributed by atoms with Gasteiger partial charge in [-0.25, -0.2) is 0 Å². The minimum absolute atomic E-state index is 0.178. The monoisotopic (exact) mass is 648 g/mol. The molecule has 0 saturated carbocycles. The zero-order valence-electron chi connectivity index (χ0n) is 32.4. The molecule has 258 valence electrons. The first kappa shape index (κ1) is 37.1. The molecular formula is C45H60O3. The second-order valence-corrected chi connectivity index (χ2v) is 17.5. The maximum Gasteiger partial charge on any atom is 0.119 e. The molecule has 3 N–H and O–H groups in total. The molecule has 0 fully saturated rings. The average Bonchev–Trinajstić information content (AvgIpc) is 2.92. The summed E-state index contributed by atoms with van der Waals surface area (Å²) in [5.74, 6) is 1.08. The van der Waals surface area contributed by atoms with Crippen molar-refractivity contribution in [3.63, 3.8) is 0 Å². The number of benzene rings is 4. The van der Waals surface area contributed by atoms with Gasteiger partial charge in [0.25, 0.3) is 0 Å². The number of phenols is 3. The summed E-state index contributed by atoms with van der Waals surface area (Å²) in [6.45, 7) is 32.5. The molecule has 0 aliphatic carbocycles. The van der Waals surface area contributed by atoms with Crippen molar-refractivity contribution in [2.24, 2.45) is 0 Å². The van der Waals surface area contributed by atoms with E-state index < -0.39 is 0 Å². The topological polar surface area (TPSA) is 60.7 Å². The van der Waals surface area contributed by atoms with Crippen molar-refractivity contribution >= 4 is 0 Å². The van der Waals surface area contributed by atoms with Crippen LogP contribution in [0.5, 0.6) is 17.2 Å². The van der Waals surface area contributed by atoms with Gasteiger partial charge in [0.05, 0.1) is 0 Å². The lowest BCUT2D eigenvalue weighted by Gasteiger charge is -2.27. The number of phenolic OH excluding ortho intramolecular Hbond substituents is 3. The first-order chi connectivity index (χ1) is 21.9. The molecule has 0 bridgehead atoms. The maximum atomic E-state index is 10.9. The lowest BCUT2D eigenvalue weighted by Crippen LogP contribution is -2.15. The standard InChI is InChI=1S/C45H60O3/c1-25-16-40(46)37(43(7,8)9)22-31(25)19-34-28(4)35(20-32-23-38(44(10,11)12)41(47)17-26(32)2)30(6)36(29(34)5)21-33-24-39(45(13,14)15)42(48)18-27(33)3/h16-18,22-24,46-48H,19-21H2,1-15H3. The Balaban J connectivity index is 1.99. The van der Waals surface area contributed by atoms with Crippen LogP contribution in [0.1, 0.15) is 146 Å². The van der Waals surface area contributed by atoms with Crippen LogP contribution < -0.4 is 0 Å². The van der Waals surface area contributed by atoms with Crippen LogP contribution in [0, 0.1) is 41.5 Å². The molecule has 0 unspecified atom stereocenters. The van der Waals surface area contributed by atoms with Crippen LogP contribution in [-0.4, -0.2) is 15.3 Å². The Morgan fingerprint density at radius 2 is 0.583 bits per heavy atom. The number of hydrogen-bond acceptors (Lipinski definition) is 3. The molecule has 0 spiro atoms. The molecule has 0 aliphatic heterocycles. The van der Waals surface area contributed by atoms with Crippen LogP contribution in [-0.2, 0) is 35.5 Å². The summed E-state index contributed by atoms with van der Waals surface area (Å²) in [5.41, 5.74) is 17.3. The Kier molecular flexibility index (Phi) is 10.0. The fraction of sp³-hybridized carbons (Fsp3) is 0.467. The van der Waals surface area contributed by atoms with E-state index in [1.165, 1.54) is 50.1 Å². The highest BCUT2D eigenvalue weighted by molar-refractivity contribution is 5.58. The third kappa shape index (κ3) is 7.46. The van der Waals surface area contributed by atoms with Crippen molar-refractivity contribution in [2.75, 3.05) is 0 Å². The Labute approximate surface area is 291 Å². The first-order valence-electron chi connectivity index (χ1n) is 17.5. The minimum Gasteiger partial charge on any atom is -0.508 e. The van der Waals surface area contributed by atoms with E-state index in [1.54, 1.807) is 0 Å². The number of aryl methyl sites for hydroxylation is 3. The molecule has 0 aromatic heterocycles.